The lowest BCUT2D eigenvalue weighted by molar-refractivity contribution is -0.120. The first-order chi connectivity index (χ1) is 13.9. The molecule has 3 heterocycles. The predicted octanol–water partition coefficient (Wildman–Crippen LogP) is 1.56. The fraction of sp³-hybridized carbons (Fsp3) is 0.350. The maximum atomic E-state index is 12.8. The molecule has 9 nitrogen and oxygen atoms in total. The monoisotopic (exact) mass is 393 g/mol. The third-order valence-corrected chi connectivity index (χ3v) is 5.18. The number of nitrogens with one attached hydrogen (secondary N) is 1. The van der Waals surface area contributed by atoms with Gasteiger partial charge in [-0.3, -0.25) is 14.5 Å². The molecule has 1 N–H and O–H groups in total. The number of carbonyl (C=O) groups excluding carboxylic acids is 2. The number of amides is 2. The summed E-state index contributed by atoms with van der Waals surface area (Å²) in [5.74, 6) is 0.116. The van der Waals surface area contributed by atoms with E-state index < -0.39 is 11.9 Å². The highest BCUT2D eigenvalue weighted by Crippen LogP contribution is 2.21. The minimum absolute atomic E-state index is 0.0427. The summed E-state index contributed by atoms with van der Waals surface area (Å²) in [6, 6.07) is 11.0. The number of nitrogens with zero attached hydrogens (tertiary/aromatic N) is 6. The zero-order valence-corrected chi connectivity index (χ0v) is 16.6. The standard InChI is InChI=1S/C20H23N7O2/c1-13-11-17-25(3)20(29)16(9-10-26(17)23-13)22-19(28)18-21-12-27(24-18)14(2)15-7-5-4-6-8-15/h4-8,11-12,14,16H,9-10H2,1-3H3,(H,22,28)/t14-,16-/m0/s1. The number of rotatable bonds is 4. The van der Waals surface area contributed by atoms with Gasteiger partial charge in [0, 0.05) is 19.7 Å². The fourth-order valence-electron chi connectivity index (χ4n) is 3.49. The van der Waals surface area contributed by atoms with E-state index in [-0.39, 0.29) is 17.8 Å². The lowest BCUT2D eigenvalue weighted by atomic mass is 10.1. The molecular formula is C20H23N7O2. The maximum Gasteiger partial charge on any atom is 0.291 e. The zero-order valence-electron chi connectivity index (χ0n) is 16.6. The molecule has 0 saturated heterocycles. The van der Waals surface area contributed by atoms with E-state index in [9.17, 15) is 9.59 Å². The molecule has 1 aromatic carbocycles. The van der Waals surface area contributed by atoms with Crippen molar-refractivity contribution in [3.63, 3.8) is 0 Å². The van der Waals surface area contributed by atoms with Gasteiger partial charge in [0.1, 0.15) is 18.2 Å². The number of hydrogen-bond donors (Lipinski definition) is 1. The third kappa shape index (κ3) is 3.63. The molecule has 1 aliphatic rings. The quantitative estimate of drug-likeness (QED) is 0.725. The van der Waals surface area contributed by atoms with Gasteiger partial charge in [0.2, 0.25) is 5.82 Å². The van der Waals surface area contributed by atoms with Crippen molar-refractivity contribution in [2.24, 2.45) is 0 Å². The van der Waals surface area contributed by atoms with Crippen molar-refractivity contribution in [3.8, 4) is 0 Å². The van der Waals surface area contributed by atoms with Gasteiger partial charge in [0.05, 0.1) is 11.7 Å². The Kier molecular flexibility index (Phi) is 4.87. The van der Waals surface area contributed by atoms with E-state index in [1.807, 2.05) is 50.2 Å². The highest BCUT2D eigenvalue weighted by Gasteiger charge is 2.31. The van der Waals surface area contributed by atoms with E-state index in [1.165, 1.54) is 11.2 Å². The number of benzene rings is 1. The normalized spacial score (nSPS) is 17.6. The molecule has 3 aromatic rings. The van der Waals surface area contributed by atoms with Crippen molar-refractivity contribution in [3.05, 3.63) is 59.8 Å². The number of aryl methyl sites for hydroxylation is 2. The van der Waals surface area contributed by atoms with Crippen LogP contribution >= 0.6 is 0 Å². The Labute approximate surface area is 168 Å². The molecule has 2 atom stereocenters. The van der Waals surface area contributed by atoms with E-state index in [0.717, 1.165) is 17.1 Å². The van der Waals surface area contributed by atoms with E-state index in [1.54, 1.807) is 16.4 Å². The van der Waals surface area contributed by atoms with Gasteiger partial charge in [0.15, 0.2) is 0 Å². The van der Waals surface area contributed by atoms with Crippen LogP contribution in [0.15, 0.2) is 42.7 Å². The molecule has 0 saturated carbocycles. The van der Waals surface area contributed by atoms with Crippen LogP contribution in [0.5, 0.6) is 0 Å². The van der Waals surface area contributed by atoms with Gasteiger partial charge in [-0.15, -0.1) is 5.10 Å². The number of anilines is 1. The van der Waals surface area contributed by atoms with Crippen LogP contribution in [0.2, 0.25) is 0 Å². The van der Waals surface area contributed by atoms with E-state index in [2.05, 4.69) is 20.5 Å². The topological polar surface area (TPSA) is 97.9 Å². The summed E-state index contributed by atoms with van der Waals surface area (Å²) < 4.78 is 3.43. The number of carbonyl (C=O) groups is 2. The molecule has 0 spiro atoms. The minimum atomic E-state index is -0.659. The number of aromatic nitrogens is 5. The number of fused-ring (bicyclic) bond motifs is 1. The average Bonchev–Trinajstić information content (AvgIpc) is 3.34. The summed E-state index contributed by atoms with van der Waals surface area (Å²) in [4.78, 5) is 31.1. The molecule has 0 fully saturated rings. The second-order valence-electron chi connectivity index (χ2n) is 7.21. The van der Waals surface area contributed by atoms with Crippen molar-refractivity contribution in [2.75, 3.05) is 11.9 Å². The molecule has 150 valence electrons. The van der Waals surface area contributed by atoms with Gasteiger partial charge in [-0.05, 0) is 25.8 Å². The Balaban J connectivity index is 1.47. The maximum absolute atomic E-state index is 12.8. The highest BCUT2D eigenvalue weighted by atomic mass is 16.2. The summed E-state index contributed by atoms with van der Waals surface area (Å²) in [5, 5.41) is 11.5. The van der Waals surface area contributed by atoms with Crippen LogP contribution < -0.4 is 10.2 Å². The van der Waals surface area contributed by atoms with Crippen LogP contribution in [-0.4, -0.2) is 49.4 Å². The lowest BCUT2D eigenvalue weighted by Crippen LogP contribution is -2.47. The Hall–Kier alpha value is -3.49. The van der Waals surface area contributed by atoms with Crippen LogP contribution in [0.25, 0.3) is 0 Å². The third-order valence-electron chi connectivity index (χ3n) is 5.18. The number of likely N-dealkylation sites (N-methyl/N-ethyl adjacent to an activating group) is 1. The molecule has 2 aromatic heterocycles. The van der Waals surface area contributed by atoms with Gasteiger partial charge in [-0.2, -0.15) is 5.10 Å². The molecule has 0 unspecified atom stereocenters. The molecule has 0 aliphatic carbocycles. The van der Waals surface area contributed by atoms with Crippen LogP contribution in [0, 0.1) is 6.92 Å². The molecule has 2 amide bonds. The zero-order chi connectivity index (χ0) is 20.5. The molecule has 0 bridgehead atoms. The van der Waals surface area contributed by atoms with Crippen LogP contribution in [-0.2, 0) is 11.3 Å². The van der Waals surface area contributed by atoms with Crippen LogP contribution in [0.3, 0.4) is 0 Å². The Morgan fingerprint density at radius 2 is 2.00 bits per heavy atom. The molecule has 9 heteroatoms. The summed E-state index contributed by atoms with van der Waals surface area (Å²) in [6.07, 6.45) is 1.98. The van der Waals surface area contributed by atoms with Gasteiger partial charge < -0.3 is 5.32 Å². The Bertz CT molecular complexity index is 1040. The van der Waals surface area contributed by atoms with E-state index >= 15 is 0 Å². The largest absolute Gasteiger partial charge is 0.337 e. The first kappa shape index (κ1) is 18.9. The first-order valence-electron chi connectivity index (χ1n) is 9.53. The fourth-order valence-corrected chi connectivity index (χ4v) is 3.49. The van der Waals surface area contributed by atoms with Gasteiger partial charge in [0.25, 0.3) is 11.8 Å². The van der Waals surface area contributed by atoms with Crippen molar-refractivity contribution >= 4 is 17.6 Å². The van der Waals surface area contributed by atoms with Gasteiger partial charge >= 0.3 is 0 Å². The van der Waals surface area contributed by atoms with E-state index in [4.69, 9.17) is 0 Å². The first-order valence-corrected chi connectivity index (χ1v) is 9.53. The predicted molar refractivity (Wildman–Crippen MR) is 107 cm³/mol. The summed E-state index contributed by atoms with van der Waals surface area (Å²) in [7, 11) is 1.69. The Morgan fingerprint density at radius 3 is 2.76 bits per heavy atom. The summed E-state index contributed by atoms with van der Waals surface area (Å²) >= 11 is 0. The van der Waals surface area contributed by atoms with Crippen molar-refractivity contribution < 1.29 is 9.59 Å². The van der Waals surface area contributed by atoms with Gasteiger partial charge in [-0.25, -0.2) is 14.3 Å². The Morgan fingerprint density at radius 1 is 1.24 bits per heavy atom. The summed E-state index contributed by atoms with van der Waals surface area (Å²) in [6.45, 7) is 4.41. The van der Waals surface area contributed by atoms with Crippen LogP contribution in [0.4, 0.5) is 5.82 Å². The van der Waals surface area contributed by atoms with Crippen molar-refractivity contribution in [1.82, 2.24) is 29.9 Å². The molecule has 4 rings (SSSR count). The molecule has 1 aliphatic heterocycles. The molecule has 29 heavy (non-hydrogen) atoms. The average molecular weight is 393 g/mol. The molecule has 0 radical (unpaired) electrons. The lowest BCUT2D eigenvalue weighted by Gasteiger charge is -2.19. The van der Waals surface area contributed by atoms with Gasteiger partial charge in [-0.1, -0.05) is 30.3 Å². The van der Waals surface area contributed by atoms with E-state index in [0.29, 0.717) is 13.0 Å². The second kappa shape index (κ2) is 7.50. The van der Waals surface area contributed by atoms with Crippen molar-refractivity contribution in [2.45, 2.75) is 38.9 Å². The summed E-state index contributed by atoms with van der Waals surface area (Å²) in [5.41, 5.74) is 1.92. The SMILES string of the molecule is Cc1cc2n(n1)CC[C@H](NC(=O)c1ncn([C@@H](C)c3ccccc3)n1)C(=O)N2C. The number of hydrogen-bond acceptors (Lipinski definition) is 5. The minimum Gasteiger partial charge on any atom is -0.337 e. The highest BCUT2D eigenvalue weighted by molar-refractivity contribution is 6.00. The smallest absolute Gasteiger partial charge is 0.291 e. The van der Waals surface area contributed by atoms with Crippen LogP contribution in [0.1, 0.15) is 41.3 Å². The second-order valence-corrected chi connectivity index (χ2v) is 7.21. The molecular weight excluding hydrogens is 370 g/mol. The van der Waals surface area contributed by atoms with Crippen molar-refractivity contribution in [1.29, 1.82) is 0 Å².